The van der Waals surface area contributed by atoms with Crippen LogP contribution in [0.2, 0.25) is 0 Å². The van der Waals surface area contributed by atoms with Gasteiger partial charge >= 0.3 is 6.09 Å². The van der Waals surface area contributed by atoms with Crippen LogP contribution in [0.5, 0.6) is 0 Å². The number of aromatic nitrogens is 1. The molecule has 0 bridgehead atoms. The topological polar surface area (TPSA) is 110 Å². The van der Waals surface area contributed by atoms with Crippen LogP contribution < -0.4 is 10.2 Å². The molecule has 28 heavy (non-hydrogen) atoms. The first-order valence-corrected chi connectivity index (χ1v) is 8.90. The molecular formula is C20H19N5O3. The zero-order chi connectivity index (χ0) is 20.1. The largest absolute Gasteiger partial charge is 0.465 e. The average Bonchev–Trinajstić information content (AvgIpc) is 2.83. The van der Waals surface area contributed by atoms with Gasteiger partial charge < -0.3 is 15.3 Å². The highest BCUT2D eigenvalue weighted by Gasteiger charge is 2.44. The molecule has 1 saturated heterocycles. The zero-order valence-corrected chi connectivity index (χ0v) is 15.5. The first kappa shape index (κ1) is 17.8. The van der Waals surface area contributed by atoms with Crippen LogP contribution in [0.3, 0.4) is 0 Å². The molecule has 2 amide bonds. The van der Waals surface area contributed by atoms with Gasteiger partial charge in [0, 0.05) is 18.7 Å². The van der Waals surface area contributed by atoms with Gasteiger partial charge in [-0.3, -0.25) is 14.7 Å². The van der Waals surface area contributed by atoms with Gasteiger partial charge in [0.2, 0.25) is 0 Å². The second kappa shape index (κ2) is 6.23. The molecule has 3 heterocycles. The van der Waals surface area contributed by atoms with E-state index < -0.39 is 11.6 Å². The van der Waals surface area contributed by atoms with Crippen molar-refractivity contribution in [2.75, 3.05) is 23.3 Å². The Kier molecular flexibility index (Phi) is 3.96. The molecule has 0 unspecified atom stereocenters. The minimum absolute atomic E-state index is 0.0193. The van der Waals surface area contributed by atoms with Crippen LogP contribution in [-0.4, -0.2) is 46.1 Å². The van der Waals surface area contributed by atoms with Crippen LogP contribution >= 0.6 is 0 Å². The van der Waals surface area contributed by atoms with Crippen molar-refractivity contribution in [3.8, 4) is 6.07 Å². The predicted octanol–water partition coefficient (Wildman–Crippen LogP) is 2.62. The highest BCUT2D eigenvalue weighted by atomic mass is 16.4. The first-order chi connectivity index (χ1) is 13.3. The van der Waals surface area contributed by atoms with Crippen LogP contribution in [0.15, 0.2) is 36.7 Å². The fourth-order valence-corrected chi connectivity index (χ4v) is 3.83. The monoisotopic (exact) mass is 377 g/mol. The van der Waals surface area contributed by atoms with Gasteiger partial charge in [-0.15, -0.1) is 0 Å². The average molecular weight is 377 g/mol. The summed E-state index contributed by atoms with van der Waals surface area (Å²) in [5.74, 6) is -0.135. The quantitative estimate of drug-likeness (QED) is 0.851. The number of pyridine rings is 1. The van der Waals surface area contributed by atoms with Crippen molar-refractivity contribution in [2.24, 2.45) is 0 Å². The molecule has 142 valence electrons. The third-order valence-electron chi connectivity index (χ3n) is 5.31. The maximum absolute atomic E-state index is 13.1. The summed E-state index contributed by atoms with van der Waals surface area (Å²) in [6.45, 7) is 4.70. The van der Waals surface area contributed by atoms with Crippen molar-refractivity contribution < 1.29 is 14.7 Å². The molecule has 2 aliphatic rings. The van der Waals surface area contributed by atoms with Gasteiger partial charge in [-0.2, -0.15) is 5.26 Å². The zero-order valence-electron chi connectivity index (χ0n) is 15.5. The predicted molar refractivity (Wildman–Crippen MR) is 102 cm³/mol. The van der Waals surface area contributed by atoms with E-state index in [0.29, 0.717) is 29.9 Å². The minimum atomic E-state index is -0.927. The summed E-state index contributed by atoms with van der Waals surface area (Å²) in [6, 6.07) is 9.09. The molecule has 0 radical (unpaired) electrons. The molecule has 0 atom stereocenters. The number of fused-ring (bicyclic) bond motifs is 1. The fraction of sp³-hybridized carbons (Fsp3) is 0.300. The molecule has 1 aromatic heterocycles. The number of likely N-dealkylation sites (tertiary alicyclic amines) is 1. The SMILES string of the molecule is CC1(C)c2cc(C#N)ccc2C(=O)N1c1cncc(NC2CN(C(=O)O)C2)c1. The Bertz CT molecular complexity index is 1020. The standard InChI is InChI=1S/C20H19N5O3/c1-20(2)17-5-12(7-21)3-4-16(17)18(26)25(20)15-6-13(8-22-9-15)23-14-10-24(11-14)19(27)28/h3-6,8-9,14,23H,10-11H2,1-2H3,(H,27,28). The van der Waals surface area contributed by atoms with Gasteiger partial charge in [0.15, 0.2) is 0 Å². The van der Waals surface area contributed by atoms with Crippen molar-refractivity contribution >= 4 is 23.4 Å². The molecule has 2 aliphatic heterocycles. The van der Waals surface area contributed by atoms with E-state index in [1.807, 2.05) is 19.9 Å². The number of anilines is 2. The maximum Gasteiger partial charge on any atom is 0.407 e. The van der Waals surface area contributed by atoms with E-state index in [4.69, 9.17) is 5.11 Å². The van der Waals surface area contributed by atoms with Crippen LogP contribution in [0.1, 0.15) is 35.3 Å². The maximum atomic E-state index is 13.1. The molecule has 0 saturated carbocycles. The molecule has 8 heteroatoms. The molecule has 1 aromatic carbocycles. The van der Waals surface area contributed by atoms with Crippen molar-refractivity contribution in [1.29, 1.82) is 5.26 Å². The number of nitrogens with one attached hydrogen (secondary N) is 1. The molecule has 2 N–H and O–H groups in total. The van der Waals surface area contributed by atoms with Crippen molar-refractivity contribution in [3.63, 3.8) is 0 Å². The minimum Gasteiger partial charge on any atom is -0.465 e. The second-order valence-corrected chi connectivity index (χ2v) is 7.53. The molecule has 1 fully saturated rings. The molecule has 0 aliphatic carbocycles. The Morgan fingerprint density at radius 1 is 1.32 bits per heavy atom. The summed E-state index contributed by atoms with van der Waals surface area (Å²) in [4.78, 5) is 31.2. The third-order valence-corrected chi connectivity index (χ3v) is 5.31. The summed E-state index contributed by atoms with van der Waals surface area (Å²) in [6.07, 6.45) is 2.36. The van der Waals surface area contributed by atoms with E-state index >= 15 is 0 Å². The summed E-state index contributed by atoms with van der Waals surface area (Å²) < 4.78 is 0. The first-order valence-electron chi connectivity index (χ1n) is 8.90. The normalized spacial score (nSPS) is 17.7. The van der Waals surface area contributed by atoms with E-state index in [1.54, 1.807) is 35.5 Å². The number of hydrogen-bond acceptors (Lipinski definition) is 5. The van der Waals surface area contributed by atoms with Crippen LogP contribution in [0.4, 0.5) is 16.2 Å². The van der Waals surface area contributed by atoms with E-state index in [2.05, 4.69) is 16.4 Å². The number of nitriles is 1. The molecule has 0 spiro atoms. The summed E-state index contributed by atoms with van der Waals surface area (Å²) in [5.41, 5.74) is 2.65. The van der Waals surface area contributed by atoms with Crippen molar-refractivity contribution in [2.45, 2.75) is 25.4 Å². The Labute approximate surface area is 162 Å². The summed E-state index contributed by atoms with van der Waals surface area (Å²) >= 11 is 0. The number of hydrogen-bond donors (Lipinski definition) is 2. The van der Waals surface area contributed by atoms with Crippen LogP contribution in [-0.2, 0) is 5.54 Å². The number of carboxylic acid groups (broad SMARTS) is 1. The van der Waals surface area contributed by atoms with Gasteiger partial charge in [0.05, 0.1) is 47.0 Å². The molecular weight excluding hydrogens is 358 g/mol. The second-order valence-electron chi connectivity index (χ2n) is 7.53. The molecule has 4 rings (SSSR count). The molecule has 2 aromatic rings. The van der Waals surface area contributed by atoms with Crippen molar-refractivity contribution in [3.05, 3.63) is 53.3 Å². The number of benzene rings is 1. The lowest BCUT2D eigenvalue weighted by molar-refractivity contribution is 0.0981. The highest BCUT2D eigenvalue weighted by molar-refractivity contribution is 6.12. The number of amides is 2. The number of carbonyl (C=O) groups is 2. The smallest absolute Gasteiger partial charge is 0.407 e. The Hall–Kier alpha value is -3.60. The Morgan fingerprint density at radius 3 is 2.75 bits per heavy atom. The van der Waals surface area contributed by atoms with Crippen LogP contribution in [0, 0.1) is 11.3 Å². The van der Waals surface area contributed by atoms with Gasteiger partial charge in [-0.25, -0.2) is 4.79 Å². The van der Waals surface area contributed by atoms with E-state index in [1.165, 1.54) is 4.90 Å². The van der Waals surface area contributed by atoms with E-state index in [9.17, 15) is 14.9 Å². The van der Waals surface area contributed by atoms with Gasteiger partial charge in [0.1, 0.15) is 0 Å². The van der Waals surface area contributed by atoms with Gasteiger partial charge in [-0.05, 0) is 43.7 Å². The van der Waals surface area contributed by atoms with E-state index in [0.717, 1.165) is 11.3 Å². The van der Waals surface area contributed by atoms with Gasteiger partial charge in [-0.1, -0.05) is 0 Å². The lowest BCUT2D eigenvalue weighted by atomic mass is 9.92. The summed E-state index contributed by atoms with van der Waals surface area (Å²) in [5, 5.41) is 21.4. The van der Waals surface area contributed by atoms with Crippen LogP contribution in [0.25, 0.3) is 0 Å². The summed E-state index contributed by atoms with van der Waals surface area (Å²) in [7, 11) is 0. The lowest BCUT2D eigenvalue weighted by Crippen LogP contribution is -2.56. The van der Waals surface area contributed by atoms with E-state index in [-0.39, 0.29) is 11.9 Å². The van der Waals surface area contributed by atoms with Gasteiger partial charge in [0.25, 0.3) is 5.91 Å². The Morgan fingerprint density at radius 2 is 2.07 bits per heavy atom. The third kappa shape index (κ3) is 2.72. The number of carbonyl (C=O) groups excluding carboxylic acids is 1. The fourth-order valence-electron chi connectivity index (χ4n) is 3.83. The Balaban J connectivity index is 1.60. The lowest BCUT2D eigenvalue weighted by Gasteiger charge is -2.38. The van der Waals surface area contributed by atoms with Crippen molar-refractivity contribution in [1.82, 2.24) is 9.88 Å². The number of rotatable bonds is 3. The highest BCUT2D eigenvalue weighted by Crippen LogP contribution is 2.42. The number of nitrogens with zero attached hydrogens (tertiary/aromatic N) is 4. The molecule has 8 nitrogen and oxygen atoms in total.